The van der Waals surface area contributed by atoms with Crippen molar-refractivity contribution in [3.05, 3.63) is 48.6 Å². The summed E-state index contributed by atoms with van der Waals surface area (Å²) in [7, 11) is 0. The van der Waals surface area contributed by atoms with Gasteiger partial charge in [-0.15, -0.1) is 0 Å². The molecule has 0 radical (unpaired) electrons. The monoisotopic (exact) mass is 894 g/mol. The molecule has 0 saturated carbocycles. The van der Waals surface area contributed by atoms with Crippen LogP contribution in [0.1, 0.15) is 206 Å². The number of aliphatic hydroxyl groups excluding tert-OH is 7. The molecule has 0 aliphatic carbocycles. The van der Waals surface area contributed by atoms with Gasteiger partial charge in [-0.3, -0.25) is 4.79 Å². The van der Waals surface area contributed by atoms with Crippen LogP contribution >= 0.6 is 0 Å². The van der Waals surface area contributed by atoms with E-state index in [2.05, 4.69) is 67.8 Å². The molecule has 0 aromatic carbocycles. The Kier molecular flexibility index (Phi) is 38.9. The molecule has 0 bridgehead atoms. The summed E-state index contributed by atoms with van der Waals surface area (Å²) in [5.74, 6) is -0.718. The van der Waals surface area contributed by atoms with E-state index in [1.807, 2.05) is 0 Å². The van der Waals surface area contributed by atoms with Gasteiger partial charge in [-0.2, -0.15) is 0 Å². The molecule has 9 atom stereocenters. The minimum atomic E-state index is -1.67. The third-order valence-corrected chi connectivity index (χ3v) is 12.1. The molecule has 1 aliphatic rings. The van der Waals surface area contributed by atoms with Crippen LogP contribution in [-0.4, -0.2) is 110 Å². The summed E-state index contributed by atoms with van der Waals surface area (Å²) in [6.07, 6.45) is 38.7. The fourth-order valence-corrected chi connectivity index (χ4v) is 7.82. The zero-order valence-electron chi connectivity index (χ0n) is 39.8. The Hall–Kier alpha value is -1.93. The van der Waals surface area contributed by atoms with Crippen molar-refractivity contribution in [2.45, 2.75) is 262 Å². The maximum absolute atomic E-state index is 13.1. The molecule has 11 nitrogen and oxygen atoms in total. The van der Waals surface area contributed by atoms with Gasteiger partial charge < -0.3 is 50.5 Å². The number of carbonyl (C=O) groups is 1. The first kappa shape index (κ1) is 59.1. The minimum Gasteiger partial charge on any atom is -0.394 e. The van der Waals surface area contributed by atoms with Crippen LogP contribution in [0.25, 0.3) is 0 Å². The van der Waals surface area contributed by atoms with Crippen molar-refractivity contribution < 1.29 is 50.0 Å². The van der Waals surface area contributed by atoms with Crippen LogP contribution in [0, 0.1) is 0 Å². The van der Waals surface area contributed by atoms with E-state index in [1.54, 1.807) is 0 Å². The van der Waals surface area contributed by atoms with Crippen molar-refractivity contribution in [1.82, 2.24) is 5.32 Å². The molecular weight excluding hydrogens is 799 g/mol. The molecule has 1 heterocycles. The van der Waals surface area contributed by atoms with Crippen molar-refractivity contribution >= 4 is 5.91 Å². The van der Waals surface area contributed by atoms with Crippen LogP contribution in [-0.2, 0) is 14.3 Å². The van der Waals surface area contributed by atoms with E-state index in [-0.39, 0.29) is 12.8 Å². The molecule has 11 heteroatoms. The topological polar surface area (TPSA) is 189 Å². The van der Waals surface area contributed by atoms with Gasteiger partial charge in [0.05, 0.1) is 25.4 Å². The molecular formula is C52H95NO10. The van der Waals surface area contributed by atoms with Gasteiger partial charge in [0.2, 0.25) is 5.91 Å². The minimum absolute atomic E-state index is 0.238. The number of unbranched alkanes of at least 4 members (excludes halogenated alkanes) is 22. The number of aliphatic hydroxyl groups is 7. The highest BCUT2D eigenvalue weighted by Crippen LogP contribution is 2.23. The number of allylic oxidation sites excluding steroid dienone is 8. The molecule has 8 N–H and O–H groups in total. The lowest BCUT2D eigenvalue weighted by Gasteiger charge is -2.40. The van der Waals surface area contributed by atoms with E-state index in [9.17, 15) is 40.5 Å². The molecule has 1 rings (SSSR count). The highest BCUT2D eigenvalue weighted by Gasteiger charge is 2.44. The molecule has 0 spiro atoms. The Bertz CT molecular complexity index is 1160. The fraction of sp³-hybridized carbons (Fsp3) is 0.827. The largest absolute Gasteiger partial charge is 0.394 e. The van der Waals surface area contributed by atoms with Gasteiger partial charge in [0.15, 0.2) is 6.29 Å². The highest BCUT2D eigenvalue weighted by atomic mass is 16.7. The lowest BCUT2D eigenvalue weighted by atomic mass is 9.98. The zero-order chi connectivity index (χ0) is 46.2. The van der Waals surface area contributed by atoms with Gasteiger partial charge in [0.1, 0.15) is 36.6 Å². The van der Waals surface area contributed by atoms with Gasteiger partial charge in [-0.1, -0.05) is 165 Å². The van der Waals surface area contributed by atoms with Gasteiger partial charge in [-0.25, -0.2) is 0 Å². The molecule has 0 aromatic heterocycles. The highest BCUT2D eigenvalue weighted by molar-refractivity contribution is 5.80. The Morgan fingerprint density at radius 2 is 0.952 bits per heavy atom. The molecule has 1 aliphatic heterocycles. The summed E-state index contributed by atoms with van der Waals surface area (Å²) in [6, 6.07) is -1.20. The maximum Gasteiger partial charge on any atom is 0.249 e. The van der Waals surface area contributed by atoms with E-state index >= 15 is 0 Å². The first-order valence-corrected chi connectivity index (χ1v) is 25.5. The summed E-state index contributed by atoms with van der Waals surface area (Å²) < 4.78 is 11.1. The van der Waals surface area contributed by atoms with Crippen molar-refractivity contribution in [2.75, 3.05) is 13.2 Å². The van der Waals surface area contributed by atoms with Crippen molar-refractivity contribution in [3.8, 4) is 0 Å². The lowest BCUT2D eigenvalue weighted by molar-refractivity contribution is -0.303. The predicted octanol–water partition coefficient (Wildman–Crippen LogP) is 9.34. The number of rotatable bonds is 42. The summed E-state index contributed by atoms with van der Waals surface area (Å²) >= 11 is 0. The Balaban J connectivity index is 2.45. The number of amides is 1. The van der Waals surface area contributed by atoms with Crippen molar-refractivity contribution in [3.63, 3.8) is 0 Å². The van der Waals surface area contributed by atoms with E-state index in [0.717, 1.165) is 64.2 Å². The summed E-state index contributed by atoms with van der Waals surface area (Å²) in [5.41, 5.74) is 0. The van der Waals surface area contributed by atoms with E-state index in [0.29, 0.717) is 19.3 Å². The van der Waals surface area contributed by atoms with Crippen LogP contribution in [0.5, 0.6) is 0 Å². The van der Waals surface area contributed by atoms with E-state index in [4.69, 9.17) is 9.47 Å². The molecule has 63 heavy (non-hydrogen) atoms. The summed E-state index contributed by atoms with van der Waals surface area (Å²) in [5, 5.41) is 75.8. The normalized spacial score (nSPS) is 21.6. The van der Waals surface area contributed by atoms with Crippen LogP contribution in [0.15, 0.2) is 48.6 Å². The quantitative estimate of drug-likeness (QED) is 0.0217. The van der Waals surface area contributed by atoms with Crippen molar-refractivity contribution in [2.24, 2.45) is 0 Å². The van der Waals surface area contributed by atoms with E-state index in [1.165, 1.54) is 96.3 Å². The molecule has 1 fully saturated rings. The third kappa shape index (κ3) is 30.8. The number of ether oxygens (including phenoxy) is 2. The fourth-order valence-electron chi connectivity index (χ4n) is 7.82. The number of hydrogen-bond acceptors (Lipinski definition) is 10. The van der Waals surface area contributed by atoms with Gasteiger partial charge in [0, 0.05) is 0 Å². The second-order valence-electron chi connectivity index (χ2n) is 17.9. The SMILES string of the molecule is CCCCCCC/C=C/CC/C=C/CC/C=C/CCCC(O)C(O)C(COC1OC(CO)C(O)C(O)C1O)NC(=O)C(O)CCCCCCCC/C=C\CCCCCCCCCC. The van der Waals surface area contributed by atoms with E-state index < -0.39 is 74.2 Å². The lowest BCUT2D eigenvalue weighted by Crippen LogP contribution is -2.60. The molecule has 0 aromatic rings. The Morgan fingerprint density at radius 3 is 1.41 bits per heavy atom. The van der Waals surface area contributed by atoms with Gasteiger partial charge in [-0.05, 0) is 89.9 Å². The second kappa shape index (κ2) is 41.5. The smallest absolute Gasteiger partial charge is 0.249 e. The Morgan fingerprint density at radius 1 is 0.540 bits per heavy atom. The second-order valence-corrected chi connectivity index (χ2v) is 17.9. The molecule has 368 valence electrons. The predicted molar refractivity (Wildman–Crippen MR) is 256 cm³/mol. The third-order valence-electron chi connectivity index (χ3n) is 12.1. The van der Waals surface area contributed by atoms with Gasteiger partial charge >= 0.3 is 0 Å². The van der Waals surface area contributed by atoms with Crippen LogP contribution < -0.4 is 5.32 Å². The number of hydrogen-bond donors (Lipinski definition) is 8. The van der Waals surface area contributed by atoms with Crippen LogP contribution in [0.2, 0.25) is 0 Å². The first-order chi connectivity index (χ1) is 30.7. The standard InChI is InChI=1S/C52H95NO10/c1-3-5-7-9-11-13-15-17-19-21-23-25-27-29-31-33-35-37-39-44(55)47(57)43(42-62-52-50(60)49(59)48(58)46(41-54)63-52)53-51(61)45(56)40-38-36-34-32-30-28-26-24-22-20-18-16-14-12-10-8-6-4-2/h15,17,22-25,31,33,43-50,52,54-60H,3-14,16,18-21,26-30,32,34-42H2,1-2H3,(H,53,61)/b17-15+,24-22-,25-23+,33-31+. The number of carbonyl (C=O) groups excluding carboxylic acids is 1. The first-order valence-electron chi connectivity index (χ1n) is 25.5. The maximum atomic E-state index is 13.1. The average Bonchev–Trinajstić information content (AvgIpc) is 3.28. The summed E-state index contributed by atoms with van der Waals surface area (Å²) in [4.78, 5) is 13.1. The van der Waals surface area contributed by atoms with Crippen molar-refractivity contribution in [1.29, 1.82) is 0 Å². The average molecular weight is 894 g/mol. The Labute approximate surface area is 383 Å². The van der Waals surface area contributed by atoms with Crippen LogP contribution in [0.3, 0.4) is 0 Å². The van der Waals surface area contributed by atoms with Gasteiger partial charge in [0.25, 0.3) is 0 Å². The number of nitrogens with one attached hydrogen (secondary N) is 1. The molecule has 9 unspecified atom stereocenters. The van der Waals surface area contributed by atoms with Crippen LogP contribution in [0.4, 0.5) is 0 Å². The summed E-state index contributed by atoms with van der Waals surface area (Å²) in [6.45, 7) is 3.41. The molecule has 1 amide bonds. The molecule has 1 saturated heterocycles. The zero-order valence-corrected chi connectivity index (χ0v) is 39.8.